The fourth-order valence-electron chi connectivity index (χ4n) is 10.9. The van der Waals surface area contributed by atoms with Crippen LogP contribution >= 0.6 is 22.9 Å². The second kappa shape index (κ2) is 24.3. The lowest BCUT2D eigenvalue weighted by Gasteiger charge is -2.63. The second-order valence-electron chi connectivity index (χ2n) is 22.4. The highest BCUT2D eigenvalue weighted by Gasteiger charge is 2.64. The van der Waals surface area contributed by atoms with E-state index in [1.807, 2.05) is 76.5 Å². The van der Waals surface area contributed by atoms with Gasteiger partial charge < -0.3 is 45.7 Å². The van der Waals surface area contributed by atoms with Gasteiger partial charge in [0.15, 0.2) is 0 Å². The smallest absolute Gasteiger partial charge is 0.323 e. The van der Waals surface area contributed by atoms with Gasteiger partial charge in [-0.25, -0.2) is 4.98 Å². The molecular weight excluding hydrogens is 992 g/mol. The molecular formula is C57H73ClN8O8S. The third kappa shape index (κ3) is 13.7. The van der Waals surface area contributed by atoms with Crippen LogP contribution in [0.15, 0.2) is 72.2 Å². The monoisotopic (exact) mass is 1060 g/mol. The van der Waals surface area contributed by atoms with Crippen molar-refractivity contribution >= 4 is 58.2 Å². The lowest BCUT2D eigenvalue weighted by Crippen LogP contribution is -2.74. The summed E-state index contributed by atoms with van der Waals surface area (Å²) in [7, 11) is 0. The van der Waals surface area contributed by atoms with Crippen molar-refractivity contribution in [3.8, 4) is 22.3 Å². The van der Waals surface area contributed by atoms with E-state index in [1.165, 1.54) is 4.90 Å². The summed E-state index contributed by atoms with van der Waals surface area (Å²) in [5.41, 5.74) is 5.01. The Morgan fingerprint density at radius 2 is 1.69 bits per heavy atom. The van der Waals surface area contributed by atoms with Gasteiger partial charge in [-0.15, -0.1) is 11.3 Å². The van der Waals surface area contributed by atoms with Crippen molar-refractivity contribution in [2.45, 2.75) is 143 Å². The first kappa shape index (κ1) is 56.7. The van der Waals surface area contributed by atoms with Gasteiger partial charge in [0.2, 0.25) is 17.7 Å². The Labute approximate surface area is 450 Å². The van der Waals surface area contributed by atoms with Crippen LogP contribution in [0.1, 0.15) is 127 Å². The molecule has 16 nitrogen and oxygen atoms in total. The third-order valence-corrected chi connectivity index (χ3v) is 16.1. The number of carbonyl (C=O) groups excluding carboxylic acids is 5. The number of nitrogens with one attached hydrogen (secondary N) is 5. The van der Waals surface area contributed by atoms with Gasteiger partial charge in [0.05, 0.1) is 39.3 Å². The van der Waals surface area contributed by atoms with Gasteiger partial charge in [-0.05, 0) is 105 Å². The molecule has 1 unspecified atom stereocenters. The van der Waals surface area contributed by atoms with E-state index in [0.29, 0.717) is 47.9 Å². The molecule has 3 fully saturated rings. The van der Waals surface area contributed by atoms with E-state index in [1.54, 1.807) is 41.7 Å². The molecule has 4 aromatic rings. The molecule has 75 heavy (non-hydrogen) atoms. The first-order valence-corrected chi connectivity index (χ1v) is 27.3. The highest BCUT2D eigenvalue weighted by molar-refractivity contribution is 7.13. The zero-order valence-electron chi connectivity index (χ0n) is 44.6. The summed E-state index contributed by atoms with van der Waals surface area (Å²) in [5, 5.41) is 25.4. The molecule has 2 aliphatic heterocycles. The molecule has 3 aromatic carbocycles. The Balaban J connectivity index is 0.844. The van der Waals surface area contributed by atoms with Crippen molar-refractivity contribution in [1.29, 1.82) is 5.26 Å². The first-order chi connectivity index (χ1) is 35.6. The number of benzene rings is 3. The number of esters is 1. The third-order valence-electron chi connectivity index (χ3n) is 14.8. The van der Waals surface area contributed by atoms with E-state index in [-0.39, 0.29) is 60.4 Å². The molecule has 0 bridgehead atoms. The summed E-state index contributed by atoms with van der Waals surface area (Å²) in [6.45, 7) is 19.2. The minimum absolute atomic E-state index is 0.0128. The summed E-state index contributed by atoms with van der Waals surface area (Å²) in [6, 6.07) is 19.5. The van der Waals surface area contributed by atoms with Crippen molar-refractivity contribution in [3.05, 3.63) is 99.6 Å². The van der Waals surface area contributed by atoms with Crippen LogP contribution in [0.25, 0.3) is 10.4 Å². The Morgan fingerprint density at radius 1 is 0.973 bits per heavy atom. The SMILES string of the molecule is Cc1ncsc1-c1ccc([C@H](C)NC(=O)[C@@H]2C[C@@H](OC(=O)C3CCCN3)CN2C(=O)[C@@H](NC(=O)COCCCCCNc2ccc(C(=O)NC3C(C)(C)C(Oc4ccc(C#N)c(Cl)c4)C3(C)C)cc2)C(C)(C)C)cc1. The number of ether oxygens (including phenoxy) is 3. The number of likely N-dealkylation sites (tertiary alicyclic amines) is 1. The van der Waals surface area contributed by atoms with Crippen LogP contribution in [0.5, 0.6) is 5.75 Å². The van der Waals surface area contributed by atoms with Gasteiger partial charge in [0, 0.05) is 53.8 Å². The predicted octanol–water partition coefficient (Wildman–Crippen LogP) is 8.53. The number of halogens is 1. The molecule has 1 aromatic heterocycles. The molecule has 5 atom stereocenters. The molecule has 0 radical (unpaired) electrons. The minimum Gasteiger partial charge on any atom is -0.489 e. The molecule has 1 saturated carbocycles. The van der Waals surface area contributed by atoms with Gasteiger partial charge in [-0.1, -0.05) is 84.3 Å². The molecule has 2 saturated heterocycles. The second-order valence-corrected chi connectivity index (χ2v) is 23.6. The van der Waals surface area contributed by atoms with E-state index in [4.69, 9.17) is 25.8 Å². The van der Waals surface area contributed by atoms with Crippen LogP contribution in [0.3, 0.4) is 0 Å². The van der Waals surface area contributed by atoms with E-state index in [0.717, 1.165) is 53.2 Å². The van der Waals surface area contributed by atoms with E-state index < -0.39 is 47.4 Å². The zero-order valence-corrected chi connectivity index (χ0v) is 46.2. The normalized spacial score (nSPS) is 21.5. The van der Waals surface area contributed by atoms with Crippen molar-refractivity contribution in [1.82, 2.24) is 31.2 Å². The summed E-state index contributed by atoms with van der Waals surface area (Å²) in [6.07, 6.45) is 3.13. The highest BCUT2D eigenvalue weighted by atomic mass is 35.5. The quantitative estimate of drug-likeness (QED) is 0.0393. The lowest BCUT2D eigenvalue weighted by atomic mass is 9.49. The minimum atomic E-state index is -0.998. The maximum Gasteiger partial charge on any atom is 0.323 e. The molecule has 5 N–H and O–H groups in total. The molecule has 18 heteroatoms. The highest BCUT2D eigenvalue weighted by Crippen LogP contribution is 2.55. The van der Waals surface area contributed by atoms with Gasteiger partial charge in [-0.3, -0.25) is 24.0 Å². The van der Waals surface area contributed by atoms with Crippen molar-refractivity contribution < 1.29 is 38.2 Å². The molecule has 7 rings (SSSR count). The lowest BCUT2D eigenvalue weighted by molar-refractivity contribution is -0.164. The van der Waals surface area contributed by atoms with Gasteiger partial charge in [-0.2, -0.15) is 5.26 Å². The van der Waals surface area contributed by atoms with Gasteiger partial charge >= 0.3 is 5.97 Å². The van der Waals surface area contributed by atoms with E-state index >= 15 is 0 Å². The fourth-order valence-corrected chi connectivity index (χ4v) is 11.9. The Morgan fingerprint density at radius 3 is 2.32 bits per heavy atom. The number of unbranched alkanes of at least 4 members (excludes halogenated alkanes) is 2. The summed E-state index contributed by atoms with van der Waals surface area (Å²) >= 11 is 7.82. The number of nitrogens with zero attached hydrogens (tertiary/aromatic N) is 3. The van der Waals surface area contributed by atoms with Crippen LogP contribution in [-0.4, -0.2) is 109 Å². The average Bonchev–Trinajstić information content (AvgIpc) is 4.17. The Hall–Kier alpha value is -6.06. The van der Waals surface area contributed by atoms with Crippen molar-refractivity contribution in [2.75, 3.05) is 38.2 Å². The number of thiazole rings is 1. The Kier molecular flexibility index (Phi) is 18.4. The number of amides is 4. The molecule has 402 valence electrons. The topological polar surface area (TPSA) is 213 Å². The number of hydrogen-bond acceptors (Lipinski definition) is 13. The largest absolute Gasteiger partial charge is 0.489 e. The Bertz CT molecular complexity index is 2690. The zero-order chi connectivity index (χ0) is 54.2. The van der Waals surface area contributed by atoms with Crippen LogP contribution in [0, 0.1) is 34.5 Å². The molecule has 0 spiro atoms. The van der Waals surface area contributed by atoms with Crippen LogP contribution in [-0.2, 0) is 28.7 Å². The number of carbonyl (C=O) groups is 5. The van der Waals surface area contributed by atoms with Crippen molar-refractivity contribution in [2.24, 2.45) is 16.2 Å². The van der Waals surface area contributed by atoms with Crippen LogP contribution < -0.4 is 31.3 Å². The predicted molar refractivity (Wildman–Crippen MR) is 290 cm³/mol. The molecule has 3 aliphatic rings. The molecule has 1 aliphatic carbocycles. The average molecular weight is 1070 g/mol. The van der Waals surface area contributed by atoms with Gasteiger partial charge in [0.25, 0.3) is 5.91 Å². The maximum atomic E-state index is 14.6. The van der Waals surface area contributed by atoms with E-state index in [9.17, 15) is 29.2 Å². The summed E-state index contributed by atoms with van der Waals surface area (Å²) in [4.78, 5) is 75.5. The molecule has 3 heterocycles. The first-order valence-electron chi connectivity index (χ1n) is 26.0. The number of rotatable bonds is 21. The fraction of sp³-hybridized carbons (Fsp3) is 0.526. The maximum absolute atomic E-state index is 14.6. The van der Waals surface area contributed by atoms with E-state index in [2.05, 4.69) is 65.3 Å². The molecule has 4 amide bonds. The van der Waals surface area contributed by atoms with Crippen molar-refractivity contribution in [3.63, 3.8) is 0 Å². The number of aromatic nitrogens is 1. The number of nitriles is 1. The van der Waals surface area contributed by atoms with Crippen LogP contribution in [0.4, 0.5) is 5.69 Å². The number of hydrogen-bond donors (Lipinski definition) is 5. The van der Waals surface area contributed by atoms with Crippen LogP contribution in [0.2, 0.25) is 5.02 Å². The number of anilines is 1. The summed E-state index contributed by atoms with van der Waals surface area (Å²) in [5.74, 6) is -1.25. The van der Waals surface area contributed by atoms with Gasteiger partial charge in [0.1, 0.15) is 48.8 Å². The number of aryl methyl sites for hydroxylation is 1. The summed E-state index contributed by atoms with van der Waals surface area (Å²) < 4.78 is 18.1. The standard InChI is InChI=1S/C57H73ClN8O8S/c1-34(36-15-17-37(18-16-36)47-35(2)62-33-75-47)63-50(69)45-29-42(73-52(71)44-14-13-26-61-44)31-66(45)51(70)48(55(3,4)5)64-46(67)32-72-27-12-10-11-25-60-40-22-19-38(20-23-40)49(68)65-53-56(6,7)54(57(53,8)9)74-41-24-21-39(30-59)43(58)28-41/h15-24,28,33-34,42,44-45,48,53-54,60-61H,10-14,25-27,29,31-32H2,1-9H3,(H,63,69)(H,64,67)(H,65,68)/t34-,42+,44?,45-,48+,53?,54?/m0/s1.